The molecule has 0 fully saturated rings. The van der Waals surface area contributed by atoms with Gasteiger partial charge in [-0.1, -0.05) is 6.07 Å². The van der Waals surface area contributed by atoms with Gasteiger partial charge in [-0.3, -0.25) is 4.72 Å². The Hall–Kier alpha value is -2.87. The van der Waals surface area contributed by atoms with E-state index in [-0.39, 0.29) is 10.7 Å². The van der Waals surface area contributed by atoms with Gasteiger partial charge in [0.15, 0.2) is 5.82 Å². The highest BCUT2D eigenvalue weighted by molar-refractivity contribution is 7.92. The van der Waals surface area contributed by atoms with E-state index in [1.807, 2.05) is 19.9 Å². The number of hydrogen-bond donors (Lipinski definition) is 2. The first-order valence-electron chi connectivity index (χ1n) is 7.64. The van der Waals surface area contributed by atoms with Crippen molar-refractivity contribution in [3.05, 3.63) is 65.6 Å². The summed E-state index contributed by atoms with van der Waals surface area (Å²) in [4.78, 5) is 0.192. The van der Waals surface area contributed by atoms with E-state index in [1.165, 1.54) is 0 Å². The van der Waals surface area contributed by atoms with Crippen LogP contribution in [0.25, 0.3) is 0 Å². The predicted octanol–water partition coefficient (Wildman–Crippen LogP) is 3.10. The summed E-state index contributed by atoms with van der Waals surface area (Å²) >= 11 is 0. The topological polar surface area (TPSA) is 97.1 Å². The van der Waals surface area contributed by atoms with Crippen molar-refractivity contribution in [1.29, 1.82) is 0 Å². The second-order valence-corrected chi connectivity index (χ2v) is 7.27. The SMILES string of the molecule is Cc1ccc(S(=O)(=O)Nc2ccc(NCc3ccco3)nn2)cc1C. The predicted molar refractivity (Wildman–Crippen MR) is 94.8 cm³/mol. The van der Waals surface area contributed by atoms with Crippen LogP contribution in [0.4, 0.5) is 11.6 Å². The van der Waals surface area contributed by atoms with E-state index in [1.54, 1.807) is 42.7 Å². The molecular weight excluding hydrogens is 340 g/mol. The molecule has 7 nitrogen and oxygen atoms in total. The molecule has 0 spiro atoms. The van der Waals surface area contributed by atoms with Gasteiger partial charge >= 0.3 is 0 Å². The molecule has 8 heteroatoms. The molecule has 0 aliphatic rings. The molecule has 2 aromatic heterocycles. The van der Waals surface area contributed by atoms with Crippen molar-refractivity contribution in [1.82, 2.24) is 10.2 Å². The van der Waals surface area contributed by atoms with Crippen LogP contribution in [0.3, 0.4) is 0 Å². The summed E-state index contributed by atoms with van der Waals surface area (Å²) in [6.07, 6.45) is 1.59. The summed E-state index contributed by atoms with van der Waals surface area (Å²) in [6, 6.07) is 11.8. The second kappa shape index (κ2) is 6.94. The molecule has 3 aromatic rings. The molecule has 3 rings (SSSR count). The zero-order chi connectivity index (χ0) is 17.9. The van der Waals surface area contributed by atoms with E-state index in [0.29, 0.717) is 12.4 Å². The van der Waals surface area contributed by atoms with Gasteiger partial charge in [0.25, 0.3) is 10.0 Å². The first kappa shape index (κ1) is 17.0. The van der Waals surface area contributed by atoms with Crippen molar-refractivity contribution < 1.29 is 12.8 Å². The quantitative estimate of drug-likeness (QED) is 0.703. The molecule has 0 unspecified atom stereocenters. The minimum absolute atomic E-state index is 0.154. The van der Waals surface area contributed by atoms with Crippen LogP contribution in [-0.2, 0) is 16.6 Å². The average Bonchev–Trinajstić information content (AvgIpc) is 3.10. The van der Waals surface area contributed by atoms with E-state index in [2.05, 4.69) is 20.2 Å². The first-order valence-corrected chi connectivity index (χ1v) is 9.12. The van der Waals surface area contributed by atoms with Crippen LogP contribution in [0.5, 0.6) is 0 Å². The lowest BCUT2D eigenvalue weighted by Crippen LogP contribution is -2.15. The molecule has 0 amide bonds. The third kappa shape index (κ3) is 4.16. The molecular formula is C17H18N4O3S. The van der Waals surface area contributed by atoms with Crippen molar-refractivity contribution in [2.45, 2.75) is 25.3 Å². The first-order chi connectivity index (χ1) is 11.9. The third-order valence-electron chi connectivity index (χ3n) is 3.72. The lowest BCUT2D eigenvalue weighted by Gasteiger charge is -2.09. The van der Waals surface area contributed by atoms with Crippen LogP contribution in [0, 0.1) is 13.8 Å². The summed E-state index contributed by atoms with van der Waals surface area (Å²) in [7, 11) is -3.70. The minimum atomic E-state index is -3.70. The zero-order valence-electron chi connectivity index (χ0n) is 13.9. The Kier molecular flexibility index (Phi) is 4.71. The number of aryl methyl sites for hydroxylation is 2. The number of furan rings is 1. The highest BCUT2D eigenvalue weighted by atomic mass is 32.2. The molecule has 0 aliphatic carbocycles. The number of nitrogens with zero attached hydrogens (tertiary/aromatic N) is 2. The molecule has 1 aromatic carbocycles. The number of anilines is 2. The maximum atomic E-state index is 12.4. The fourth-order valence-electron chi connectivity index (χ4n) is 2.15. The van der Waals surface area contributed by atoms with E-state index < -0.39 is 10.0 Å². The number of sulfonamides is 1. The lowest BCUT2D eigenvalue weighted by atomic mass is 10.1. The summed E-state index contributed by atoms with van der Waals surface area (Å²) in [5.74, 6) is 1.44. The zero-order valence-corrected chi connectivity index (χ0v) is 14.7. The standard InChI is InChI=1S/C17H18N4O3S/c1-12-5-6-15(10-13(12)2)25(22,23)21-17-8-7-16(19-20-17)18-11-14-4-3-9-24-14/h3-10H,11H2,1-2H3,(H,18,19)(H,20,21). The fourth-order valence-corrected chi connectivity index (χ4v) is 3.23. The van der Waals surface area contributed by atoms with Gasteiger partial charge < -0.3 is 9.73 Å². The van der Waals surface area contributed by atoms with Crippen LogP contribution in [0.2, 0.25) is 0 Å². The summed E-state index contributed by atoms with van der Waals surface area (Å²) in [6.45, 7) is 4.27. The minimum Gasteiger partial charge on any atom is -0.467 e. The molecule has 0 saturated heterocycles. The molecule has 2 heterocycles. The Morgan fingerprint density at radius 2 is 1.76 bits per heavy atom. The Bertz CT molecular complexity index is 952. The Morgan fingerprint density at radius 3 is 2.40 bits per heavy atom. The monoisotopic (exact) mass is 358 g/mol. The van der Waals surface area contributed by atoms with E-state index in [9.17, 15) is 8.42 Å². The number of aromatic nitrogens is 2. The lowest BCUT2D eigenvalue weighted by molar-refractivity contribution is 0.517. The van der Waals surface area contributed by atoms with Crippen molar-refractivity contribution in [3.63, 3.8) is 0 Å². The van der Waals surface area contributed by atoms with Gasteiger partial charge in [-0.2, -0.15) is 0 Å². The highest BCUT2D eigenvalue weighted by Gasteiger charge is 2.15. The molecule has 25 heavy (non-hydrogen) atoms. The molecule has 0 bridgehead atoms. The van der Waals surface area contributed by atoms with Gasteiger partial charge in [0.1, 0.15) is 11.6 Å². The van der Waals surface area contributed by atoms with Gasteiger partial charge in [-0.25, -0.2) is 8.42 Å². The van der Waals surface area contributed by atoms with E-state index in [4.69, 9.17) is 4.42 Å². The summed E-state index contributed by atoms with van der Waals surface area (Å²) in [5, 5.41) is 10.9. The molecule has 0 saturated carbocycles. The Labute approximate surface area is 146 Å². The normalized spacial score (nSPS) is 11.3. The maximum absolute atomic E-state index is 12.4. The van der Waals surface area contributed by atoms with Gasteiger partial charge in [0.05, 0.1) is 17.7 Å². The van der Waals surface area contributed by atoms with Crippen LogP contribution in [-0.4, -0.2) is 18.6 Å². The molecule has 2 N–H and O–H groups in total. The van der Waals surface area contributed by atoms with Crippen LogP contribution < -0.4 is 10.0 Å². The molecule has 0 aliphatic heterocycles. The van der Waals surface area contributed by atoms with Crippen molar-refractivity contribution in [2.24, 2.45) is 0 Å². The smallest absolute Gasteiger partial charge is 0.263 e. The molecule has 0 radical (unpaired) electrons. The van der Waals surface area contributed by atoms with Crippen molar-refractivity contribution in [3.8, 4) is 0 Å². The molecule has 0 atom stereocenters. The summed E-state index contributed by atoms with van der Waals surface area (Å²) < 4.78 is 32.5. The number of rotatable bonds is 6. The Balaban J connectivity index is 1.68. The second-order valence-electron chi connectivity index (χ2n) is 5.59. The third-order valence-corrected chi connectivity index (χ3v) is 5.07. The highest BCUT2D eigenvalue weighted by Crippen LogP contribution is 2.18. The van der Waals surface area contributed by atoms with Crippen molar-refractivity contribution in [2.75, 3.05) is 10.0 Å². The number of benzene rings is 1. The average molecular weight is 358 g/mol. The molecule has 130 valence electrons. The van der Waals surface area contributed by atoms with Crippen LogP contribution in [0.15, 0.2) is 58.0 Å². The van der Waals surface area contributed by atoms with E-state index >= 15 is 0 Å². The maximum Gasteiger partial charge on any atom is 0.263 e. The summed E-state index contributed by atoms with van der Waals surface area (Å²) in [5.41, 5.74) is 1.94. The van der Waals surface area contributed by atoms with Crippen LogP contribution in [0.1, 0.15) is 16.9 Å². The van der Waals surface area contributed by atoms with Gasteiger partial charge in [0.2, 0.25) is 0 Å². The van der Waals surface area contributed by atoms with E-state index in [0.717, 1.165) is 16.9 Å². The van der Waals surface area contributed by atoms with Crippen LogP contribution >= 0.6 is 0 Å². The van der Waals surface area contributed by atoms with Crippen molar-refractivity contribution >= 4 is 21.7 Å². The number of nitrogens with one attached hydrogen (secondary N) is 2. The van der Waals surface area contributed by atoms with Gasteiger partial charge in [-0.05, 0) is 61.4 Å². The fraction of sp³-hybridized carbons (Fsp3) is 0.176. The largest absolute Gasteiger partial charge is 0.467 e. The van der Waals surface area contributed by atoms with Gasteiger partial charge in [0, 0.05) is 0 Å². The number of hydrogen-bond acceptors (Lipinski definition) is 6. The Morgan fingerprint density at radius 1 is 1.00 bits per heavy atom. The van der Waals surface area contributed by atoms with Gasteiger partial charge in [-0.15, -0.1) is 10.2 Å².